The topological polar surface area (TPSA) is 63.1 Å². The Labute approximate surface area is 282 Å². The first-order valence-corrected chi connectivity index (χ1v) is 16.1. The Bertz CT molecular complexity index is 1790. The summed E-state index contributed by atoms with van der Waals surface area (Å²) in [6.07, 6.45) is 4.91. The van der Waals surface area contributed by atoms with Crippen molar-refractivity contribution in [3.8, 4) is 11.3 Å². The van der Waals surface area contributed by atoms with Gasteiger partial charge in [0.1, 0.15) is 0 Å². The molecule has 0 atom stereocenters. The Morgan fingerprint density at radius 3 is 1.93 bits per heavy atom. The van der Waals surface area contributed by atoms with Gasteiger partial charge >= 0.3 is 0 Å². The summed E-state index contributed by atoms with van der Waals surface area (Å²) in [5.74, 6) is 0.547. The molecule has 0 saturated carbocycles. The van der Waals surface area contributed by atoms with Crippen LogP contribution >= 0.6 is 0 Å². The van der Waals surface area contributed by atoms with Crippen molar-refractivity contribution in [1.29, 1.82) is 0 Å². The molecule has 239 valence electrons. The first kappa shape index (κ1) is 36.1. The van der Waals surface area contributed by atoms with E-state index in [1.807, 2.05) is 34.6 Å². The quantitative estimate of drug-likeness (QED) is 0.0737. The number of carbonyl (C=O) groups excluding carboxylic acids is 1. The summed E-state index contributed by atoms with van der Waals surface area (Å²) < 4.78 is 0. The predicted molar refractivity (Wildman–Crippen MR) is 186 cm³/mol. The summed E-state index contributed by atoms with van der Waals surface area (Å²) in [5, 5.41) is 26.0. The average molecular weight is 780 g/mol. The first-order valence-electron chi connectivity index (χ1n) is 16.1. The molecule has 0 fully saturated rings. The Morgan fingerprint density at radius 2 is 1.36 bits per heavy atom. The maximum Gasteiger partial charge on any atom is 0.162 e. The number of hydrogen-bond donors (Lipinski definition) is 1. The molecule has 0 aliphatic heterocycles. The summed E-state index contributed by atoms with van der Waals surface area (Å²) >= 11 is 0. The Kier molecular flexibility index (Phi) is 12.6. The smallest absolute Gasteiger partial charge is 0.162 e. The zero-order chi connectivity index (χ0) is 32.0. The number of rotatable bonds is 8. The molecule has 1 heterocycles. The van der Waals surface area contributed by atoms with E-state index in [4.69, 9.17) is 0 Å². The van der Waals surface area contributed by atoms with Crippen LogP contribution in [-0.2, 0) is 30.3 Å². The number of aliphatic hydroxyl groups excluding tert-OH is 1. The summed E-state index contributed by atoms with van der Waals surface area (Å²) in [6, 6.07) is 27.3. The van der Waals surface area contributed by atoms with E-state index in [2.05, 4.69) is 104 Å². The Balaban J connectivity index is 0.000000297. The van der Waals surface area contributed by atoms with Gasteiger partial charge in [0, 0.05) is 49.1 Å². The van der Waals surface area contributed by atoms with Crippen molar-refractivity contribution in [2.45, 2.75) is 86.5 Å². The molecule has 0 aliphatic carbocycles. The number of aromatic nitrogens is 2. The van der Waals surface area contributed by atoms with E-state index in [-0.39, 0.29) is 48.9 Å². The molecule has 1 aromatic heterocycles. The normalized spacial score (nSPS) is 12.0. The zero-order valence-corrected chi connectivity index (χ0v) is 30.4. The van der Waals surface area contributed by atoms with Crippen molar-refractivity contribution in [2.24, 2.45) is 11.8 Å². The molecule has 0 saturated heterocycles. The standard InChI is InChI=1S/C27H23N2.C13H24O2.Ir/c1-17-23-14-18-9-5-6-10-19(18)15-24(23)26(29-28-17)21-13-20-11-7-8-12-22(20)25(16-21)27(2,3)4;1-5-10(6-2)12(14)9-13(15)11(7-3)8-4;/h5-12,14-16H,1-4H3;9-11,14H,5-8H2,1-4H3;/q-1;;/b;12-9-;. The number of carbonyl (C=O) groups is 1. The maximum atomic E-state index is 11.7. The fourth-order valence-electron chi connectivity index (χ4n) is 5.93. The minimum Gasteiger partial charge on any atom is -0.512 e. The Hall–Kier alpha value is -3.40. The van der Waals surface area contributed by atoms with Gasteiger partial charge < -0.3 is 5.11 Å². The summed E-state index contributed by atoms with van der Waals surface area (Å²) in [6.45, 7) is 16.9. The third kappa shape index (κ3) is 8.26. The van der Waals surface area contributed by atoms with Gasteiger partial charge in [0.25, 0.3) is 0 Å². The van der Waals surface area contributed by atoms with Gasteiger partial charge in [0.15, 0.2) is 5.78 Å². The van der Waals surface area contributed by atoms with Crippen molar-refractivity contribution < 1.29 is 30.0 Å². The maximum absolute atomic E-state index is 11.7. The van der Waals surface area contributed by atoms with Crippen LogP contribution in [0.2, 0.25) is 0 Å². The van der Waals surface area contributed by atoms with Crippen LogP contribution in [0.5, 0.6) is 0 Å². The van der Waals surface area contributed by atoms with Gasteiger partial charge in [-0.2, -0.15) is 10.2 Å². The second-order valence-corrected chi connectivity index (χ2v) is 12.8. The number of allylic oxidation sites excluding steroid dienone is 2. The van der Waals surface area contributed by atoms with E-state index in [1.165, 1.54) is 27.8 Å². The van der Waals surface area contributed by atoms with E-state index in [9.17, 15) is 9.90 Å². The Morgan fingerprint density at radius 1 is 0.800 bits per heavy atom. The molecule has 5 heteroatoms. The van der Waals surface area contributed by atoms with E-state index in [1.54, 1.807) is 0 Å². The van der Waals surface area contributed by atoms with Crippen molar-refractivity contribution in [3.05, 3.63) is 95.9 Å². The van der Waals surface area contributed by atoms with Crippen molar-refractivity contribution in [2.75, 3.05) is 0 Å². The molecular weight excluding hydrogens is 733 g/mol. The molecule has 1 N–H and O–H groups in total. The van der Waals surface area contributed by atoms with Gasteiger partial charge in [-0.1, -0.05) is 108 Å². The van der Waals surface area contributed by atoms with Gasteiger partial charge in [-0.05, 0) is 60.2 Å². The molecule has 0 spiro atoms. The second kappa shape index (κ2) is 15.7. The van der Waals surface area contributed by atoms with Gasteiger partial charge in [0.2, 0.25) is 0 Å². The van der Waals surface area contributed by atoms with Crippen molar-refractivity contribution in [1.82, 2.24) is 10.2 Å². The molecule has 0 amide bonds. The molecule has 0 unspecified atom stereocenters. The van der Waals surface area contributed by atoms with Crippen molar-refractivity contribution >= 4 is 38.1 Å². The van der Waals surface area contributed by atoms with E-state index in [0.29, 0.717) is 0 Å². The third-order valence-corrected chi connectivity index (χ3v) is 8.75. The average Bonchev–Trinajstić information content (AvgIpc) is 3.01. The minimum absolute atomic E-state index is 0. The fourth-order valence-corrected chi connectivity index (χ4v) is 5.93. The van der Waals surface area contributed by atoms with Crippen LogP contribution in [0.25, 0.3) is 43.6 Å². The number of ketones is 1. The van der Waals surface area contributed by atoms with Crippen LogP contribution in [0.4, 0.5) is 0 Å². The molecule has 45 heavy (non-hydrogen) atoms. The minimum atomic E-state index is 0. The third-order valence-electron chi connectivity index (χ3n) is 8.75. The van der Waals surface area contributed by atoms with Gasteiger partial charge in [-0.3, -0.25) is 4.79 Å². The summed E-state index contributed by atoms with van der Waals surface area (Å²) in [5.41, 5.74) is 4.17. The van der Waals surface area contributed by atoms with Crippen LogP contribution < -0.4 is 0 Å². The van der Waals surface area contributed by atoms with Crippen molar-refractivity contribution in [3.63, 3.8) is 0 Å². The fraction of sp³-hybridized carbons (Fsp3) is 0.375. The largest absolute Gasteiger partial charge is 0.512 e. The van der Waals surface area contributed by atoms with E-state index >= 15 is 0 Å². The SMILES string of the molecule is CCC(CC)C(=O)/C=C(\O)C(CC)CC.Cc1nnc(-c2[c-]c3ccccc3c(C(C)(C)C)c2)c2cc3ccccc3cc12.[Ir]. The molecular formula is C40H47IrN2O2-. The van der Waals surface area contributed by atoms with E-state index < -0.39 is 0 Å². The van der Waals surface area contributed by atoms with Crippen LogP contribution in [0.15, 0.2) is 78.6 Å². The second-order valence-electron chi connectivity index (χ2n) is 12.8. The number of hydrogen-bond acceptors (Lipinski definition) is 4. The van der Waals surface area contributed by atoms with Crippen LogP contribution in [0, 0.1) is 24.8 Å². The molecule has 1 radical (unpaired) electrons. The summed E-state index contributed by atoms with van der Waals surface area (Å²) in [7, 11) is 0. The number of aryl methyl sites for hydroxylation is 1. The number of nitrogens with zero attached hydrogens (tertiary/aromatic N) is 2. The number of benzene rings is 4. The molecule has 4 aromatic carbocycles. The van der Waals surface area contributed by atoms with Gasteiger partial charge in [-0.15, -0.1) is 29.1 Å². The summed E-state index contributed by atoms with van der Waals surface area (Å²) in [4.78, 5) is 11.7. The monoisotopic (exact) mass is 780 g/mol. The molecule has 5 aromatic rings. The van der Waals surface area contributed by atoms with Crippen LogP contribution in [-0.4, -0.2) is 21.1 Å². The van der Waals surface area contributed by atoms with Crippen LogP contribution in [0.3, 0.4) is 0 Å². The first-order chi connectivity index (χ1) is 21.0. The predicted octanol–water partition coefficient (Wildman–Crippen LogP) is 10.9. The molecule has 4 nitrogen and oxygen atoms in total. The van der Waals surface area contributed by atoms with Gasteiger partial charge in [0.05, 0.1) is 11.5 Å². The molecule has 0 bridgehead atoms. The number of aliphatic hydroxyl groups is 1. The molecule has 5 rings (SSSR count). The van der Waals surface area contributed by atoms with E-state index in [0.717, 1.165) is 58.8 Å². The van der Waals surface area contributed by atoms with Crippen LogP contribution in [0.1, 0.15) is 85.4 Å². The zero-order valence-electron chi connectivity index (χ0n) is 28.0. The number of fused-ring (bicyclic) bond motifs is 3. The molecule has 0 aliphatic rings. The van der Waals surface area contributed by atoms with Gasteiger partial charge in [-0.25, -0.2) is 0 Å².